The highest BCUT2D eigenvalue weighted by Gasteiger charge is 2.38. The molecule has 1 unspecified atom stereocenters. The quantitative estimate of drug-likeness (QED) is 0.621. The summed E-state index contributed by atoms with van der Waals surface area (Å²) in [5.41, 5.74) is 5.94. The Balaban J connectivity index is 0.00000242. The first-order valence-corrected chi connectivity index (χ1v) is 8.16. The van der Waals surface area contributed by atoms with Crippen molar-refractivity contribution in [1.29, 1.82) is 0 Å². The number of non-ortho nitro benzene ring substituents is 1. The summed E-state index contributed by atoms with van der Waals surface area (Å²) < 4.78 is 26.6. The van der Waals surface area contributed by atoms with Gasteiger partial charge in [-0.15, -0.1) is 12.4 Å². The predicted octanol–water partition coefficient (Wildman–Crippen LogP) is 1.68. The fourth-order valence-corrected chi connectivity index (χ4v) is 4.12. The van der Waals surface area contributed by atoms with Crippen molar-refractivity contribution in [2.75, 3.05) is 13.6 Å². The van der Waals surface area contributed by atoms with Crippen molar-refractivity contribution >= 4 is 28.1 Å². The second kappa shape index (κ2) is 6.91. The molecule has 2 rings (SSSR count). The number of nitro groups is 1. The number of sulfonamides is 1. The number of nitrogens with zero attached hydrogens (tertiary/aromatic N) is 2. The van der Waals surface area contributed by atoms with Gasteiger partial charge in [0, 0.05) is 31.8 Å². The average molecular weight is 350 g/mol. The standard InChI is InChI=1S/C13H19N3O4S.ClH/c1-9-7-11(16(17)18)5-6-13(9)21(19,20)15(2)12(8-14)10-3-4-10;/h5-7,10,12H,3-4,8,14H2,1-2H3;1H. The minimum Gasteiger partial charge on any atom is -0.329 e. The first-order chi connectivity index (χ1) is 9.78. The molecule has 1 aromatic rings. The van der Waals surface area contributed by atoms with Crippen molar-refractivity contribution in [3.8, 4) is 0 Å². The lowest BCUT2D eigenvalue weighted by molar-refractivity contribution is -0.385. The molecule has 0 bridgehead atoms. The Kier molecular flexibility index (Phi) is 5.91. The molecule has 0 spiro atoms. The van der Waals surface area contributed by atoms with Gasteiger partial charge < -0.3 is 5.73 Å². The highest BCUT2D eigenvalue weighted by atomic mass is 35.5. The van der Waals surface area contributed by atoms with E-state index in [4.69, 9.17) is 5.73 Å². The summed E-state index contributed by atoms with van der Waals surface area (Å²) in [6.07, 6.45) is 1.97. The van der Waals surface area contributed by atoms with Gasteiger partial charge in [-0.05, 0) is 37.3 Å². The minimum atomic E-state index is -3.70. The van der Waals surface area contributed by atoms with E-state index < -0.39 is 14.9 Å². The molecule has 0 heterocycles. The molecule has 1 atom stereocenters. The molecule has 0 aromatic heterocycles. The van der Waals surface area contributed by atoms with Crippen molar-refractivity contribution in [2.24, 2.45) is 11.7 Å². The molecule has 1 aliphatic rings. The number of nitro benzene ring substituents is 1. The number of hydrogen-bond acceptors (Lipinski definition) is 5. The van der Waals surface area contributed by atoms with Crippen LogP contribution >= 0.6 is 12.4 Å². The molecule has 1 aliphatic carbocycles. The number of aryl methyl sites for hydroxylation is 1. The number of nitrogens with two attached hydrogens (primary N) is 1. The average Bonchev–Trinajstić information content (AvgIpc) is 3.23. The predicted molar refractivity (Wildman–Crippen MR) is 85.6 cm³/mol. The topological polar surface area (TPSA) is 107 Å². The molecule has 0 aliphatic heterocycles. The van der Waals surface area contributed by atoms with Crippen LogP contribution in [0.25, 0.3) is 0 Å². The molecule has 22 heavy (non-hydrogen) atoms. The van der Waals surface area contributed by atoms with E-state index in [9.17, 15) is 18.5 Å². The van der Waals surface area contributed by atoms with Crippen molar-refractivity contribution in [3.05, 3.63) is 33.9 Å². The zero-order valence-corrected chi connectivity index (χ0v) is 14.1. The zero-order chi connectivity index (χ0) is 15.8. The maximum atomic E-state index is 12.7. The summed E-state index contributed by atoms with van der Waals surface area (Å²) in [5.74, 6) is 0.313. The number of halogens is 1. The summed E-state index contributed by atoms with van der Waals surface area (Å²) in [5, 5.41) is 10.7. The van der Waals surface area contributed by atoms with Crippen LogP contribution in [0.5, 0.6) is 0 Å². The first kappa shape index (κ1) is 18.8. The molecule has 2 N–H and O–H groups in total. The van der Waals surface area contributed by atoms with E-state index in [-0.39, 0.29) is 35.6 Å². The van der Waals surface area contributed by atoms with Crippen molar-refractivity contribution in [1.82, 2.24) is 4.31 Å². The molecular weight excluding hydrogens is 330 g/mol. The fraction of sp³-hybridized carbons (Fsp3) is 0.538. The molecule has 124 valence electrons. The molecule has 1 fully saturated rings. The van der Waals surface area contributed by atoms with Gasteiger partial charge in [0.1, 0.15) is 0 Å². The van der Waals surface area contributed by atoms with Gasteiger partial charge in [0.05, 0.1) is 9.82 Å². The zero-order valence-electron chi connectivity index (χ0n) is 12.4. The molecule has 9 heteroatoms. The van der Waals surface area contributed by atoms with E-state index in [2.05, 4.69) is 0 Å². The smallest absolute Gasteiger partial charge is 0.269 e. The van der Waals surface area contributed by atoms with Crippen LogP contribution in [0.1, 0.15) is 18.4 Å². The van der Waals surface area contributed by atoms with Gasteiger partial charge in [-0.25, -0.2) is 8.42 Å². The van der Waals surface area contributed by atoms with E-state index in [0.717, 1.165) is 12.8 Å². The number of benzene rings is 1. The molecular formula is C13H20ClN3O4S. The van der Waals surface area contributed by atoms with Crippen LogP contribution in [0, 0.1) is 23.0 Å². The Bertz CT molecular complexity index is 661. The summed E-state index contributed by atoms with van der Waals surface area (Å²) >= 11 is 0. The van der Waals surface area contributed by atoms with Crippen LogP contribution < -0.4 is 5.73 Å². The highest BCUT2D eigenvalue weighted by Crippen LogP contribution is 2.36. The largest absolute Gasteiger partial charge is 0.329 e. The summed E-state index contributed by atoms with van der Waals surface area (Å²) in [6, 6.07) is 3.56. The maximum Gasteiger partial charge on any atom is 0.269 e. The maximum absolute atomic E-state index is 12.7. The lowest BCUT2D eigenvalue weighted by Crippen LogP contribution is -2.43. The van der Waals surface area contributed by atoms with Gasteiger partial charge in [-0.3, -0.25) is 10.1 Å². The van der Waals surface area contributed by atoms with E-state index in [1.54, 1.807) is 6.92 Å². The minimum absolute atomic E-state index is 0. The molecule has 7 nitrogen and oxygen atoms in total. The lowest BCUT2D eigenvalue weighted by atomic mass is 10.2. The third kappa shape index (κ3) is 3.57. The molecule has 1 aromatic carbocycles. The van der Waals surface area contributed by atoms with Crippen molar-refractivity contribution in [2.45, 2.75) is 30.7 Å². The monoisotopic (exact) mass is 349 g/mol. The first-order valence-electron chi connectivity index (χ1n) is 6.72. The van der Waals surface area contributed by atoms with Crippen molar-refractivity contribution in [3.63, 3.8) is 0 Å². The summed E-state index contributed by atoms with van der Waals surface area (Å²) in [4.78, 5) is 10.3. The van der Waals surface area contributed by atoms with E-state index in [1.165, 1.54) is 29.6 Å². The molecule has 1 saturated carbocycles. The molecule has 0 amide bonds. The molecule has 0 radical (unpaired) electrons. The van der Waals surface area contributed by atoms with Crippen LogP contribution in [0.3, 0.4) is 0 Å². The Morgan fingerprint density at radius 3 is 2.45 bits per heavy atom. The third-order valence-electron chi connectivity index (χ3n) is 3.90. The van der Waals surface area contributed by atoms with E-state index in [0.29, 0.717) is 11.5 Å². The fourth-order valence-electron chi connectivity index (χ4n) is 2.49. The van der Waals surface area contributed by atoms with Crippen LogP contribution in [0.15, 0.2) is 23.1 Å². The number of hydrogen-bond donors (Lipinski definition) is 1. The van der Waals surface area contributed by atoms with Crippen LogP contribution in [-0.2, 0) is 10.0 Å². The van der Waals surface area contributed by atoms with Gasteiger partial charge in [-0.1, -0.05) is 0 Å². The second-order valence-electron chi connectivity index (χ2n) is 5.37. The van der Waals surface area contributed by atoms with Gasteiger partial charge in [0.2, 0.25) is 10.0 Å². The van der Waals surface area contributed by atoms with Gasteiger partial charge in [-0.2, -0.15) is 4.31 Å². The van der Waals surface area contributed by atoms with Gasteiger partial charge in [0.15, 0.2) is 0 Å². The number of rotatable bonds is 6. The summed E-state index contributed by atoms with van der Waals surface area (Å²) in [6.45, 7) is 1.83. The van der Waals surface area contributed by atoms with Gasteiger partial charge >= 0.3 is 0 Å². The van der Waals surface area contributed by atoms with Gasteiger partial charge in [0.25, 0.3) is 5.69 Å². The Labute approximate surface area is 136 Å². The Hall–Kier alpha value is -1.22. The van der Waals surface area contributed by atoms with E-state index >= 15 is 0 Å². The second-order valence-corrected chi connectivity index (χ2v) is 7.33. The van der Waals surface area contributed by atoms with Crippen molar-refractivity contribution < 1.29 is 13.3 Å². The SMILES string of the molecule is Cc1cc([N+](=O)[O-])ccc1S(=O)(=O)N(C)C(CN)C1CC1.Cl. The lowest BCUT2D eigenvalue weighted by Gasteiger charge is -2.26. The summed E-state index contributed by atoms with van der Waals surface area (Å²) in [7, 11) is -2.18. The molecule has 0 saturated heterocycles. The Morgan fingerprint density at radius 1 is 1.45 bits per heavy atom. The Morgan fingerprint density at radius 2 is 2.05 bits per heavy atom. The normalized spacial score (nSPS) is 16.2. The van der Waals surface area contributed by atoms with Crippen LogP contribution in [0.4, 0.5) is 5.69 Å². The van der Waals surface area contributed by atoms with Crippen LogP contribution in [-0.4, -0.2) is 37.3 Å². The van der Waals surface area contributed by atoms with Crippen LogP contribution in [0.2, 0.25) is 0 Å². The third-order valence-corrected chi connectivity index (χ3v) is 5.94. The highest BCUT2D eigenvalue weighted by molar-refractivity contribution is 7.89. The van der Waals surface area contributed by atoms with E-state index in [1.807, 2.05) is 0 Å². The number of likely N-dealkylation sites (N-methyl/N-ethyl adjacent to an activating group) is 1.